The van der Waals surface area contributed by atoms with Gasteiger partial charge in [0.05, 0.1) is 0 Å². The minimum atomic E-state index is -0.109. The standard InChI is InChI=1S/C7H14Si/c1-4-7(3)6-8-5-2/h2,7H,4,6,8H2,1,3H3. The Bertz CT molecular complexity index is 80.9. The van der Waals surface area contributed by atoms with Crippen molar-refractivity contribution in [2.45, 2.75) is 26.3 Å². The highest BCUT2D eigenvalue weighted by molar-refractivity contribution is 6.45. The molecule has 0 spiro atoms. The van der Waals surface area contributed by atoms with Crippen LogP contribution in [0.15, 0.2) is 0 Å². The molecule has 0 fully saturated rings. The lowest BCUT2D eigenvalue weighted by Gasteiger charge is -2.01. The molecule has 0 saturated heterocycles. The highest BCUT2D eigenvalue weighted by Crippen LogP contribution is 2.04. The van der Waals surface area contributed by atoms with Gasteiger partial charge in [-0.15, -0.1) is 12.0 Å². The summed E-state index contributed by atoms with van der Waals surface area (Å²) in [6.07, 6.45) is 6.43. The van der Waals surface area contributed by atoms with Gasteiger partial charge in [-0.05, 0) is 12.0 Å². The van der Waals surface area contributed by atoms with Gasteiger partial charge in [-0.1, -0.05) is 20.3 Å². The van der Waals surface area contributed by atoms with Crippen LogP contribution in [0.4, 0.5) is 0 Å². The predicted octanol–water partition coefficient (Wildman–Crippen LogP) is 1.21. The Balaban J connectivity index is 3.01. The van der Waals surface area contributed by atoms with Gasteiger partial charge in [-0.3, -0.25) is 0 Å². The Morgan fingerprint density at radius 1 is 1.75 bits per heavy atom. The minimum absolute atomic E-state index is 0.109. The smallest absolute Gasteiger partial charge is 0.106 e. The zero-order valence-electron chi connectivity index (χ0n) is 5.78. The second kappa shape index (κ2) is 4.92. The largest absolute Gasteiger partial charge is 0.143 e. The zero-order chi connectivity index (χ0) is 6.41. The van der Waals surface area contributed by atoms with Gasteiger partial charge >= 0.3 is 0 Å². The summed E-state index contributed by atoms with van der Waals surface area (Å²) >= 11 is 0. The van der Waals surface area contributed by atoms with Gasteiger partial charge < -0.3 is 0 Å². The highest BCUT2D eigenvalue weighted by atomic mass is 28.2. The van der Waals surface area contributed by atoms with Crippen LogP contribution in [0.25, 0.3) is 0 Å². The van der Waals surface area contributed by atoms with Gasteiger partial charge in [0, 0.05) is 0 Å². The molecule has 0 aliphatic rings. The fourth-order valence-corrected chi connectivity index (χ4v) is 1.60. The van der Waals surface area contributed by atoms with Crippen LogP contribution in [0, 0.1) is 17.9 Å². The summed E-state index contributed by atoms with van der Waals surface area (Å²) in [4.78, 5) is 0. The van der Waals surface area contributed by atoms with E-state index in [0.717, 1.165) is 5.92 Å². The van der Waals surface area contributed by atoms with Crippen LogP contribution in [-0.4, -0.2) is 9.52 Å². The third-order valence-corrected chi connectivity index (χ3v) is 3.04. The van der Waals surface area contributed by atoms with Gasteiger partial charge in [0.25, 0.3) is 0 Å². The molecule has 0 saturated carbocycles. The molecule has 0 aromatic rings. The maximum atomic E-state index is 5.14. The Morgan fingerprint density at radius 3 is 2.75 bits per heavy atom. The van der Waals surface area contributed by atoms with E-state index in [1.54, 1.807) is 0 Å². The third-order valence-electron chi connectivity index (χ3n) is 1.48. The van der Waals surface area contributed by atoms with Crippen molar-refractivity contribution in [3.8, 4) is 12.0 Å². The molecule has 0 aliphatic carbocycles. The fraction of sp³-hybridized carbons (Fsp3) is 0.714. The molecule has 0 bridgehead atoms. The summed E-state index contributed by atoms with van der Waals surface area (Å²) < 4.78 is 0. The van der Waals surface area contributed by atoms with Gasteiger partial charge in [0.2, 0.25) is 0 Å². The summed E-state index contributed by atoms with van der Waals surface area (Å²) in [5, 5.41) is 0. The molecule has 1 atom stereocenters. The van der Waals surface area contributed by atoms with E-state index < -0.39 is 0 Å². The first-order valence-corrected chi connectivity index (χ1v) is 4.95. The van der Waals surface area contributed by atoms with Gasteiger partial charge in [-0.2, -0.15) is 0 Å². The van der Waals surface area contributed by atoms with Crippen LogP contribution in [0.1, 0.15) is 20.3 Å². The summed E-state index contributed by atoms with van der Waals surface area (Å²) in [5.74, 6) is 0.873. The van der Waals surface area contributed by atoms with Crippen LogP contribution >= 0.6 is 0 Å². The quantitative estimate of drug-likeness (QED) is 0.394. The second-order valence-electron chi connectivity index (χ2n) is 2.26. The molecule has 0 heterocycles. The first-order valence-electron chi connectivity index (χ1n) is 3.24. The van der Waals surface area contributed by atoms with Crippen LogP contribution in [-0.2, 0) is 0 Å². The van der Waals surface area contributed by atoms with Gasteiger partial charge in [0.1, 0.15) is 9.52 Å². The first kappa shape index (κ1) is 7.78. The molecule has 1 heteroatoms. The molecular weight excluding hydrogens is 112 g/mol. The van der Waals surface area contributed by atoms with E-state index in [1.165, 1.54) is 12.5 Å². The number of rotatable bonds is 3. The van der Waals surface area contributed by atoms with Crippen LogP contribution in [0.2, 0.25) is 6.04 Å². The predicted molar refractivity (Wildman–Crippen MR) is 41.6 cm³/mol. The molecule has 46 valence electrons. The normalized spacial score (nSPS) is 14.1. The van der Waals surface area contributed by atoms with E-state index in [1.807, 2.05) is 0 Å². The van der Waals surface area contributed by atoms with Crippen LogP contribution in [0.3, 0.4) is 0 Å². The first-order chi connectivity index (χ1) is 3.81. The molecule has 0 aromatic heterocycles. The van der Waals surface area contributed by atoms with Crippen molar-refractivity contribution in [2.75, 3.05) is 0 Å². The van der Waals surface area contributed by atoms with Crippen molar-refractivity contribution in [3.05, 3.63) is 0 Å². The van der Waals surface area contributed by atoms with E-state index >= 15 is 0 Å². The van der Waals surface area contributed by atoms with E-state index in [-0.39, 0.29) is 9.52 Å². The number of hydrogen-bond acceptors (Lipinski definition) is 0. The lowest BCUT2D eigenvalue weighted by molar-refractivity contribution is 0.624. The Kier molecular flexibility index (Phi) is 4.79. The average Bonchev–Trinajstić information content (AvgIpc) is 1.83. The SMILES string of the molecule is C#C[SiH2]CC(C)CC. The monoisotopic (exact) mass is 126 g/mol. The van der Waals surface area contributed by atoms with E-state index in [2.05, 4.69) is 19.4 Å². The highest BCUT2D eigenvalue weighted by Gasteiger charge is 1.94. The molecule has 0 amide bonds. The molecule has 0 nitrogen and oxygen atoms in total. The Morgan fingerprint density at radius 2 is 2.38 bits per heavy atom. The second-order valence-corrected chi connectivity index (χ2v) is 3.74. The Hall–Kier alpha value is -0.223. The third kappa shape index (κ3) is 3.95. The lowest BCUT2D eigenvalue weighted by Crippen LogP contribution is -1.95. The van der Waals surface area contributed by atoms with Gasteiger partial charge in [0.15, 0.2) is 0 Å². The van der Waals surface area contributed by atoms with Gasteiger partial charge in [-0.25, -0.2) is 0 Å². The summed E-state index contributed by atoms with van der Waals surface area (Å²) in [7, 11) is -0.109. The van der Waals surface area contributed by atoms with Crippen molar-refractivity contribution in [2.24, 2.45) is 5.92 Å². The van der Waals surface area contributed by atoms with Crippen LogP contribution in [0.5, 0.6) is 0 Å². The van der Waals surface area contributed by atoms with E-state index in [4.69, 9.17) is 6.42 Å². The summed E-state index contributed by atoms with van der Waals surface area (Å²) in [6.45, 7) is 4.49. The zero-order valence-corrected chi connectivity index (χ0v) is 7.19. The molecule has 0 aromatic carbocycles. The molecule has 0 N–H and O–H groups in total. The maximum absolute atomic E-state index is 5.14. The summed E-state index contributed by atoms with van der Waals surface area (Å²) in [5.41, 5.74) is 2.77. The number of terminal acetylenes is 1. The van der Waals surface area contributed by atoms with Crippen molar-refractivity contribution >= 4 is 9.52 Å². The average molecular weight is 126 g/mol. The fourth-order valence-electron chi connectivity index (χ4n) is 0.534. The topological polar surface area (TPSA) is 0 Å². The van der Waals surface area contributed by atoms with Crippen molar-refractivity contribution in [3.63, 3.8) is 0 Å². The van der Waals surface area contributed by atoms with Crippen molar-refractivity contribution in [1.82, 2.24) is 0 Å². The molecule has 8 heavy (non-hydrogen) atoms. The maximum Gasteiger partial charge on any atom is 0.106 e. The minimum Gasteiger partial charge on any atom is -0.143 e. The molecule has 0 rings (SSSR count). The Labute approximate surface area is 54.5 Å². The van der Waals surface area contributed by atoms with E-state index in [9.17, 15) is 0 Å². The van der Waals surface area contributed by atoms with Crippen LogP contribution < -0.4 is 0 Å². The van der Waals surface area contributed by atoms with Crippen molar-refractivity contribution < 1.29 is 0 Å². The van der Waals surface area contributed by atoms with E-state index in [0.29, 0.717) is 0 Å². The molecular formula is C7H14Si. The molecule has 0 radical (unpaired) electrons. The summed E-state index contributed by atoms with van der Waals surface area (Å²) in [6, 6.07) is 1.33. The number of hydrogen-bond donors (Lipinski definition) is 0. The lowest BCUT2D eigenvalue weighted by atomic mass is 10.2. The molecule has 1 unspecified atom stereocenters. The molecule has 0 aliphatic heterocycles. The van der Waals surface area contributed by atoms with Crippen molar-refractivity contribution in [1.29, 1.82) is 0 Å².